The monoisotopic (exact) mass is 403 g/mol. The molecule has 1 N–H and O–H groups in total. The van der Waals surface area contributed by atoms with E-state index in [1.54, 1.807) is 0 Å². The van der Waals surface area contributed by atoms with Crippen molar-refractivity contribution in [1.29, 1.82) is 0 Å². The highest BCUT2D eigenvalue weighted by atomic mass is 32.2. The molecule has 0 radical (unpaired) electrons. The van der Waals surface area contributed by atoms with Crippen molar-refractivity contribution in [3.05, 3.63) is 60.2 Å². The van der Waals surface area contributed by atoms with Gasteiger partial charge < -0.3 is 9.88 Å². The van der Waals surface area contributed by atoms with Crippen LogP contribution >= 0.6 is 0 Å². The maximum Gasteiger partial charge on any atom is 0.238 e. The molecule has 0 bridgehead atoms. The lowest BCUT2D eigenvalue weighted by Crippen LogP contribution is -2.38. The lowest BCUT2D eigenvalue weighted by molar-refractivity contribution is -0.120. The van der Waals surface area contributed by atoms with E-state index in [1.807, 2.05) is 35.9 Å². The summed E-state index contributed by atoms with van der Waals surface area (Å²) in [6, 6.07) is 12.3. The summed E-state index contributed by atoms with van der Waals surface area (Å²) in [4.78, 5) is 16.8. The molecule has 3 aromatic rings. The number of para-hydroxylation sites is 2. The molecule has 28 heavy (non-hydrogen) atoms. The molecule has 0 fully saturated rings. The number of fused-ring (bicyclic) bond motifs is 1. The molecule has 148 valence electrons. The van der Waals surface area contributed by atoms with E-state index >= 15 is 0 Å². The number of hydrogen-bond acceptors (Lipinski definition) is 4. The minimum Gasteiger partial charge on any atom is -0.355 e. The number of halogens is 1. The van der Waals surface area contributed by atoms with Crippen LogP contribution < -0.4 is 5.32 Å². The molecule has 3 rings (SSSR count). The maximum atomic E-state index is 13.0. The topological polar surface area (TPSA) is 81.1 Å². The molecule has 0 aliphatic rings. The number of amides is 1. The number of carbonyl (C=O) groups is 1. The second-order valence-corrected chi connectivity index (χ2v) is 8.88. The predicted octanol–water partition coefficient (Wildman–Crippen LogP) is 2.62. The Balaban J connectivity index is 1.56. The van der Waals surface area contributed by atoms with Gasteiger partial charge in [0.2, 0.25) is 5.91 Å². The van der Waals surface area contributed by atoms with Crippen LogP contribution in [0.5, 0.6) is 0 Å². The molecule has 1 atom stereocenters. The molecule has 0 aliphatic heterocycles. The molecule has 1 amide bonds. The summed E-state index contributed by atoms with van der Waals surface area (Å²) in [6.45, 7) is 1.67. The molecule has 1 heterocycles. The van der Waals surface area contributed by atoms with E-state index in [9.17, 15) is 17.6 Å². The Bertz CT molecular complexity index is 1090. The molecule has 0 aliphatic carbocycles. The third-order valence-electron chi connectivity index (χ3n) is 4.73. The van der Waals surface area contributed by atoms with Crippen LogP contribution in [-0.4, -0.2) is 35.7 Å². The van der Waals surface area contributed by atoms with Crippen molar-refractivity contribution in [2.75, 3.05) is 6.54 Å². The van der Waals surface area contributed by atoms with Crippen molar-refractivity contribution in [2.24, 2.45) is 7.05 Å². The van der Waals surface area contributed by atoms with E-state index in [2.05, 4.69) is 10.3 Å². The first-order valence-corrected chi connectivity index (χ1v) is 10.5. The predicted molar refractivity (Wildman–Crippen MR) is 105 cm³/mol. The van der Waals surface area contributed by atoms with Crippen LogP contribution in [0.2, 0.25) is 0 Å². The van der Waals surface area contributed by atoms with Gasteiger partial charge in [0.1, 0.15) is 16.9 Å². The molecule has 6 nitrogen and oxygen atoms in total. The molecule has 1 aromatic heterocycles. The van der Waals surface area contributed by atoms with Crippen LogP contribution in [0.1, 0.15) is 19.2 Å². The molecule has 1 unspecified atom stereocenters. The highest BCUT2D eigenvalue weighted by Crippen LogP contribution is 2.17. The first-order valence-electron chi connectivity index (χ1n) is 8.98. The zero-order valence-corrected chi connectivity index (χ0v) is 16.5. The Labute approximate surface area is 163 Å². The molecular weight excluding hydrogens is 381 g/mol. The van der Waals surface area contributed by atoms with Crippen molar-refractivity contribution in [2.45, 2.75) is 29.9 Å². The summed E-state index contributed by atoms with van der Waals surface area (Å²) in [6.07, 6.45) is 1.29. The van der Waals surface area contributed by atoms with Crippen LogP contribution in [0.4, 0.5) is 4.39 Å². The van der Waals surface area contributed by atoms with Crippen molar-refractivity contribution in [3.63, 3.8) is 0 Å². The van der Waals surface area contributed by atoms with Gasteiger partial charge in [0.15, 0.2) is 9.84 Å². The largest absolute Gasteiger partial charge is 0.355 e. The summed E-state index contributed by atoms with van der Waals surface area (Å²) >= 11 is 0. The minimum absolute atomic E-state index is 0.0729. The fraction of sp³-hybridized carbons (Fsp3) is 0.300. The molecule has 0 spiro atoms. The van der Waals surface area contributed by atoms with Gasteiger partial charge in [0, 0.05) is 20.0 Å². The third kappa shape index (κ3) is 4.06. The normalized spacial score (nSPS) is 12.8. The fourth-order valence-electron chi connectivity index (χ4n) is 2.99. The first-order chi connectivity index (χ1) is 13.3. The van der Waals surface area contributed by atoms with E-state index in [1.165, 1.54) is 19.1 Å². The van der Waals surface area contributed by atoms with E-state index < -0.39 is 26.8 Å². The van der Waals surface area contributed by atoms with Gasteiger partial charge in [-0.05, 0) is 49.7 Å². The molecule has 0 saturated carbocycles. The number of rotatable bonds is 7. The number of imidazole rings is 1. The molecular formula is C20H22FN3O3S. The summed E-state index contributed by atoms with van der Waals surface area (Å²) in [7, 11) is -1.92. The highest BCUT2D eigenvalue weighted by Gasteiger charge is 2.29. The number of benzene rings is 2. The van der Waals surface area contributed by atoms with Gasteiger partial charge >= 0.3 is 0 Å². The van der Waals surface area contributed by atoms with Crippen LogP contribution in [0.3, 0.4) is 0 Å². The number of carbonyl (C=O) groups excluding carboxylic acids is 1. The zero-order chi connectivity index (χ0) is 20.3. The van der Waals surface area contributed by atoms with Gasteiger partial charge in [-0.15, -0.1) is 0 Å². The lowest BCUT2D eigenvalue weighted by atomic mass is 10.3. The Morgan fingerprint density at radius 3 is 2.54 bits per heavy atom. The van der Waals surface area contributed by atoms with E-state index in [-0.39, 0.29) is 4.90 Å². The number of nitrogens with zero attached hydrogens (tertiary/aromatic N) is 2. The number of sulfone groups is 1. The average molecular weight is 403 g/mol. The Morgan fingerprint density at radius 1 is 1.18 bits per heavy atom. The van der Waals surface area contributed by atoms with Crippen LogP contribution in [0, 0.1) is 5.82 Å². The highest BCUT2D eigenvalue weighted by molar-refractivity contribution is 7.92. The molecule has 8 heteroatoms. The third-order valence-corrected chi connectivity index (χ3v) is 6.81. The Morgan fingerprint density at radius 2 is 1.86 bits per heavy atom. The average Bonchev–Trinajstić information content (AvgIpc) is 3.01. The van der Waals surface area contributed by atoms with Crippen LogP contribution in [-0.2, 0) is 28.1 Å². The standard InChI is InChI=1S/C20H22FN3O3S/c1-14(28(26,27)16-11-9-15(21)10-12-16)20(25)22-13-5-8-19-23-17-6-3-4-7-18(17)24(19)2/h3-4,6-7,9-12,14H,5,8,13H2,1-2H3,(H,22,25). The van der Waals surface area contributed by atoms with Gasteiger partial charge in [0.05, 0.1) is 15.9 Å². The second kappa shape index (κ2) is 8.10. The first kappa shape index (κ1) is 20.0. The SMILES string of the molecule is CC(C(=O)NCCCc1nc2ccccc2n1C)S(=O)(=O)c1ccc(F)cc1. The van der Waals surface area contributed by atoms with Crippen molar-refractivity contribution >= 4 is 26.8 Å². The number of hydrogen-bond donors (Lipinski definition) is 1. The smallest absolute Gasteiger partial charge is 0.238 e. The van der Waals surface area contributed by atoms with E-state index in [0.717, 1.165) is 29.0 Å². The fourth-order valence-corrected chi connectivity index (χ4v) is 4.28. The maximum absolute atomic E-state index is 13.0. The number of nitrogens with one attached hydrogen (secondary N) is 1. The van der Waals surface area contributed by atoms with Crippen molar-refractivity contribution in [3.8, 4) is 0 Å². The van der Waals surface area contributed by atoms with Gasteiger partial charge in [-0.3, -0.25) is 4.79 Å². The van der Waals surface area contributed by atoms with Crippen LogP contribution in [0.25, 0.3) is 11.0 Å². The van der Waals surface area contributed by atoms with E-state index in [4.69, 9.17) is 0 Å². The Kier molecular flexibility index (Phi) is 5.79. The summed E-state index contributed by atoms with van der Waals surface area (Å²) in [5.41, 5.74) is 1.96. The Hall–Kier alpha value is -2.74. The zero-order valence-electron chi connectivity index (χ0n) is 15.7. The molecule has 0 saturated heterocycles. The summed E-state index contributed by atoms with van der Waals surface area (Å²) in [5, 5.41) is 1.41. The van der Waals surface area contributed by atoms with Gasteiger partial charge in [-0.1, -0.05) is 12.1 Å². The van der Waals surface area contributed by atoms with Crippen molar-refractivity contribution in [1.82, 2.24) is 14.9 Å². The van der Waals surface area contributed by atoms with Crippen LogP contribution in [0.15, 0.2) is 53.4 Å². The summed E-state index contributed by atoms with van der Waals surface area (Å²) < 4.78 is 40.0. The van der Waals surface area contributed by atoms with Gasteiger partial charge in [-0.25, -0.2) is 17.8 Å². The van der Waals surface area contributed by atoms with Gasteiger partial charge in [0.25, 0.3) is 0 Å². The quantitative estimate of drug-likeness (QED) is 0.486. The van der Waals surface area contributed by atoms with Gasteiger partial charge in [-0.2, -0.15) is 0 Å². The second-order valence-electron chi connectivity index (χ2n) is 6.61. The number of aryl methyl sites for hydroxylation is 2. The van der Waals surface area contributed by atoms with E-state index in [0.29, 0.717) is 19.4 Å². The minimum atomic E-state index is -3.86. The lowest BCUT2D eigenvalue weighted by Gasteiger charge is -2.13. The summed E-state index contributed by atoms with van der Waals surface area (Å²) in [5.74, 6) is -0.199. The number of aromatic nitrogens is 2. The molecule has 2 aromatic carbocycles. The van der Waals surface area contributed by atoms with Crippen molar-refractivity contribution < 1.29 is 17.6 Å².